The second kappa shape index (κ2) is 8.02. The third kappa shape index (κ3) is 4.21. The molecule has 0 saturated heterocycles. The number of aromatic nitrogens is 1. The van der Waals surface area contributed by atoms with E-state index in [1.54, 1.807) is 6.21 Å². The molecule has 1 amide bonds. The minimum atomic E-state index is -0.143. The first-order chi connectivity index (χ1) is 12.5. The molecule has 1 heterocycles. The third-order valence-corrected chi connectivity index (χ3v) is 4.37. The maximum Gasteiger partial charge on any atom is 0.244 e. The Morgan fingerprint density at radius 2 is 1.88 bits per heavy atom. The zero-order valence-corrected chi connectivity index (χ0v) is 15.5. The van der Waals surface area contributed by atoms with Gasteiger partial charge in [0.05, 0.1) is 12.6 Å². The zero-order chi connectivity index (χ0) is 18.5. The SMILES string of the molecule is Cc1cc(/C=N\NC(=O)Cc2ccccc2)c(C)n1-c1cccc(Cl)c1. The molecule has 0 aliphatic heterocycles. The van der Waals surface area contributed by atoms with Crippen molar-refractivity contribution in [3.05, 3.63) is 88.2 Å². The van der Waals surface area contributed by atoms with Crippen molar-refractivity contribution in [3.8, 4) is 5.69 Å². The number of nitrogens with one attached hydrogen (secondary N) is 1. The average molecular weight is 366 g/mol. The lowest BCUT2D eigenvalue weighted by Crippen LogP contribution is -2.19. The van der Waals surface area contributed by atoms with Gasteiger partial charge < -0.3 is 4.57 Å². The molecule has 0 atom stereocenters. The number of carbonyl (C=O) groups is 1. The van der Waals surface area contributed by atoms with Crippen molar-refractivity contribution >= 4 is 23.7 Å². The van der Waals surface area contributed by atoms with E-state index in [9.17, 15) is 4.79 Å². The summed E-state index contributed by atoms with van der Waals surface area (Å²) in [5, 5.41) is 4.79. The van der Waals surface area contributed by atoms with Crippen molar-refractivity contribution in [3.63, 3.8) is 0 Å². The minimum Gasteiger partial charge on any atom is -0.318 e. The number of benzene rings is 2. The molecule has 3 rings (SSSR count). The van der Waals surface area contributed by atoms with Gasteiger partial charge >= 0.3 is 0 Å². The highest BCUT2D eigenvalue weighted by Crippen LogP contribution is 2.22. The monoisotopic (exact) mass is 365 g/mol. The van der Waals surface area contributed by atoms with E-state index in [1.165, 1.54) is 0 Å². The third-order valence-electron chi connectivity index (χ3n) is 4.14. The Kier molecular flexibility index (Phi) is 5.54. The summed E-state index contributed by atoms with van der Waals surface area (Å²) in [4.78, 5) is 12.0. The molecule has 0 radical (unpaired) electrons. The molecule has 0 aliphatic carbocycles. The second-order valence-electron chi connectivity index (χ2n) is 6.10. The number of nitrogens with zero attached hydrogens (tertiary/aromatic N) is 2. The predicted molar refractivity (Wildman–Crippen MR) is 106 cm³/mol. The van der Waals surface area contributed by atoms with Gasteiger partial charge in [-0.05, 0) is 43.7 Å². The number of rotatable bonds is 5. The van der Waals surface area contributed by atoms with Crippen LogP contribution < -0.4 is 5.43 Å². The molecule has 3 aromatic rings. The van der Waals surface area contributed by atoms with Gasteiger partial charge in [-0.3, -0.25) is 4.79 Å². The van der Waals surface area contributed by atoms with Crippen LogP contribution in [0.25, 0.3) is 5.69 Å². The molecule has 1 aromatic heterocycles. The lowest BCUT2D eigenvalue weighted by atomic mass is 10.1. The summed E-state index contributed by atoms with van der Waals surface area (Å²) in [6.45, 7) is 4.04. The molecule has 5 heteroatoms. The lowest BCUT2D eigenvalue weighted by molar-refractivity contribution is -0.120. The maximum atomic E-state index is 12.0. The summed E-state index contributed by atoms with van der Waals surface area (Å²) in [5.41, 5.74) is 7.59. The van der Waals surface area contributed by atoms with Gasteiger partial charge in [0.1, 0.15) is 0 Å². The molecule has 0 aliphatic rings. The van der Waals surface area contributed by atoms with Crippen LogP contribution in [0, 0.1) is 13.8 Å². The van der Waals surface area contributed by atoms with Gasteiger partial charge in [0.2, 0.25) is 5.91 Å². The molecule has 0 fully saturated rings. The highest BCUT2D eigenvalue weighted by molar-refractivity contribution is 6.30. The van der Waals surface area contributed by atoms with Crippen LogP contribution in [0.3, 0.4) is 0 Å². The summed E-state index contributed by atoms with van der Waals surface area (Å²) in [6, 6.07) is 19.3. The van der Waals surface area contributed by atoms with Crippen molar-refractivity contribution in [1.29, 1.82) is 0 Å². The summed E-state index contributed by atoms with van der Waals surface area (Å²) < 4.78 is 2.11. The van der Waals surface area contributed by atoms with E-state index in [1.807, 2.05) is 74.5 Å². The minimum absolute atomic E-state index is 0.143. The number of hydrogen-bond donors (Lipinski definition) is 1. The molecule has 0 bridgehead atoms. The van der Waals surface area contributed by atoms with Crippen molar-refractivity contribution < 1.29 is 4.79 Å². The second-order valence-corrected chi connectivity index (χ2v) is 6.53. The van der Waals surface area contributed by atoms with E-state index in [-0.39, 0.29) is 5.91 Å². The highest BCUT2D eigenvalue weighted by atomic mass is 35.5. The number of halogens is 1. The summed E-state index contributed by atoms with van der Waals surface area (Å²) in [7, 11) is 0. The Balaban J connectivity index is 1.71. The number of hydrazone groups is 1. The van der Waals surface area contributed by atoms with Crippen molar-refractivity contribution in [1.82, 2.24) is 9.99 Å². The van der Waals surface area contributed by atoms with Crippen LogP contribution in [0.2, 0.25) is 5.02 Å². The fourth-order valence-electron chi connectivity index (χ4n) is 2.93. The first-order valence-corrected chi connectivity index (χ1v) is 8.73. The first-order valence-electron chi connectivity index (χ1n) is 8.35. The number of amides is 1. The normalized spacial score (nSPS) is 11.0. The Bertz CT molecular complexity index is 945. The van der Waals surface area contributed by atoms with Crippen LogP contribution in [0.5, 0.6) is 0 Å². The van der Waals surface area contributed by atoms with Gasteiger partial charge in [-0.1, -0.05) is 48.0 Å². The Hall–Kier alpha value is -2.85. The lowest BCUT2D eigenvalue weighted by Gasteiger charge is -2.09. The van der Waals surface area contributed by atoms with Crippen molar-refractivity contribution in [2.75, 3.05) is 0 Å². The molecule has 0 unspecified atom stereocenters. The Labute approximate surface area is 158 Å². The number of aryl methyl sites for hydroxylation is 1. The molecule has 4 nitrogen and oxygen atoms in total. The fraction of sp³-hybridized carbons (Fsp3) is 0.143. The highest BCUT2D eigenvalue weighted by Gasteiger charge is 2.10. The van der Waals surface area contributed by atoms with Gasteiger partial charge in [-0.2, -0.15) is 5.10 Å². The van der Waals surface area contributed by atoms with Crippen molar-refractivity contribution in [2.24, 2.45) is 5.10 Å². The van der Waals surface area contributed by atoms with E-state index in [0.29, 0.717) is 11.4 Å². The van der Waals surface area contributed by atoms with Gasteiger partial charge in [0.15, 0.2) is 0 Å². The summed E-state index contributed by atoms with van der Waals surface area (Å²) >= 11 is 6.10. The maximum absolute atomic E-state index is 12.0. The van der Waals surface area contributed by atoms with Gasteiger partial charge in [-0.15, -0.1) is 0 Å². The Morgan fingerprint density at radius 3 is 2.62 bits per heavy atom. The van der Waals surface area contributed by atoms with Crippen molar-refractivity contribution in [2.45, 2.75) is 20.3 Å². The smallest absolute Gasteiger partial charge is 0.244 e. The van der Waals surface area contributed by atoms with Crippen LogP contribution in [0.15, 0.2) is 65.8 Å². The van der Waals surface area contributed by atoms with E-state index in [0.717, 1.165) is 28.2 Å². The summed E-state index contributed by atoms with van der Waals surface area (Å²) in [6.07, 6.45) is 1.98. The van der Waals surface area contributed by atoms with Crippen LogP contribution in [0.1, 0.15) is 22.5 Å². The first kappa shape index (κ1) is 18.0. The van der Waals surface area contributed by atoms with Crippen LogP contribution in [-0.4, -0.2) is 16.7 Å². The quantitative estimate of drug-likeness (QED) is 0.527. The average Bonchev–Trinajstić information content (AvgIpc) is 2.89. The van der Waals surface area contributed by atoms with E-state index in [2.05, 4.69) is 15.1 Å². The van der Waals surface area contributed by atoms with Crippen LogP contribution in [-0.2, 0) is 11.2 Å². The van der Waals surface area contributed by atoms with E-state index >= 15 is 0 Å². The summed E-state index contributed by atoms with van der Waals surface area (Å²) in [5.74, 6) is -0.143. The van der Waals surface area contributed by atoms with Gasteiger partial charge in [0.25, 0.3) is 0 Å². The van der Waals surface area contributed by atoms with E-state index in [4.69, 9.17) is 11.6 Å². The molecule has 132 valence electrons. The van der Waals surface area contributed by atoms with Crippen LogP contribution in [0.4, 0.5) is 0 Å². The van der Waals surface area contributed by atoms with Crippen LogP contribution >= 0.6 is 11.6 Å². The van der Waals surface area contributed by atoms with E-state index < -0.39 is 0 Å². The standard InChI is InChI=1S/C21H20ClN3O/c1-15-11-18(16(2)25(15)20-10-6-9-19(22)13-20)14-23-24-21(26)12-17-7-4-3-5-8-17/h3-11,13-14H,12H2,1-2H3,(H,24,26)/b23-14-. The number of carbonyl (C=O) groups excluding carboxylic acids is 1. The van der Waals surface area contributed by atoms with Gasteiger partial charge in [0, 0.05) is 27.7 Å². The molecule has 0 saturated carbocycles. The molecule has 0 spiro atoms. The molecule has 1 N–H and O–H groups in total. The molecule has 26 heavy (non-hydrogen) atoms. The zero-order valence-electron chi connectivity index (χ0n) is 14.7. The predicted octanol–water partition coefficient (Wildman–Crippen LogP) is 4.44. The number of hydrogen-bond acceptors (Lipinski definition) is 2. The fourth-order valence-corrected chi connectivity index (χ4v) is 3.11. The molecule has 2 aromatic carbocycles. The largest absolute Gasteiger partial charge is 0.318 e. The topological polar surface area (TPSA) is 46.4 Å². The Morgan fingerprint density at radius 1 is 1.12 bits per heavy atom. The molecular weight excluding hydrogens is 346 g/mol. The molecular formula is C21H20ClN3O. The van der Waals surface area contributed by atoms with Gasteiger partial charge in [-0.25, -0.2) is 5.43 Å².